The first-order valence-electron chi connectivity index (χ1n) is 37.7. The van der Waals surface area contributed by atoms with Gasteiger partial charge in [-0.2, -0.15) is 0 Å². The number of carbonyl (C=O) groups is 4. The van der Waals surface area contributed by atoms with Crippen molar-refractivity contribution in [3.63, 3.8) is 0 Å². The molecule has 0 radical (unpaired) electrons. The largest absolute Gasteiger partial charge is 0.394 e. The highest BCUT2D eigenvalue weighted by molar-refractivity contribution is 5.86. The SMILES string of the molecule is CCCCCCCCCCCCCC[C@@H](O)[C@@H](O)[C@H](CO[C@H]1OC(CO)[C@H](O)[C@H](O)C1O)N(CC(=O)NCCOCCN)C(=O)CCCCC(=O)N(CC(=O)NCCOCCOCCOCCN)[C@@H](CO[C@H]1OC(CO)[C@H](O)[C@H](O)C1O)[C@H](O)[C@H](O)CCCCCCCCCCCCCC. The van der Waals surface area contributed by atoms with Crippen molar-refractivity contribution in [2.24, 2.45) is 11.5 Å². The van der Waals surface area contributed by atoms with Crippen molar-refractivity contribution in [2.75, 3.05) is 119 Å². The van der Waals surface area contributed by atoms with Crippen molar-refractivity contribution in [1.29, 1.82) is 0 Å². The number of nitrogens with one attached hydrogen (secondary N) is 2. The van der Waals surface area contributed by atoms with E-state index < -0.39 is 174 Å². The number of unbranched alkanes of at least 4 members (excludes halogenated alkanes) is 23. The molecule has 100 heavy (non-hydrogen) atoms. The molecule has 2 rings (SSSR count). The normalized spacial score (nSPS) is 22.8. The maximum absolute atomic E-state index is 14.9. The van der Waals surface area contributed by atoms with Crippen LogP contribution >= 0.6 is 0 Å². The molecule has 16 atom stereocenters. The molecule has 30 heteroatoms. The van der Waals surface area contributed by atoms with E-state index in [0.29, 0.717) is 39.2 Å². The van der Waals surface area contributed by atoms with E-state index in [0.717, 1.165) is 74.0 Å². The first-order valence-corrected chi connectivity index (χ1v) is 37.7. The van der Waals surface area contributed by atoms with Crippen LogP contribution in [0.2, 0.25) is 0 Å². The standard InChI is InChI=1S/C70H136N6O24/c1-3-5-7-9-11-13-15-17-19-21-23-25-29-53(79)61(85)51(49-97-69-67(91)65(89)63(87)55(47-77)99-69)75(45-57(81)73-35-39-93-37-33-71)59(83)31-27-28-32-60(84)76(46-58(82)74-36-40-95-42-44-96-43-41-94-38-34-72)52(50-98-70-68(92)66(90)64(88)56(48-78)100-70)62(86)54(80)30-26-24-22-20-18-16-14-12-10-8-6-4-2/h51-56,61-70,77-80,85-92H,3-50,71-72H2,1-2H3,(H,73,81)(H,74,82)/t51-,52-,53+,54+,55?,56?,61-,62-,63-,64-,65-,66-,67?,68?,69-,70-/m0/s1. The Morgan fingerprint density at radius 1 is 0.410 bits per heavy atom. The third-order valence-corrected chi connectivity index (χ3v) is 18.3. The molecule has 0 aliphatic carbocycles. The number of nitrogens with zero attached hydrogens (tertiary/aromatic N) is 2. The highest BCUT2D eigenvalue weighted by atomic mass is 16.7. The lowest BCUT2D eigenvalue weighted by Gasteiger charge is -2.41. The molecule has 30 nitrogen and oxygen atoms in total. The molecule has 0 bridgehead atoms. The molecule has 0 spiro atoms. The molecule has 0 saturated carbocycles. The fourth-order valence-corrected chi connectivity index (χ4v) is 12.2. The van der Waals surface area contributed by atoms with Crippen LogP contribution in [0.1, 0.15) is 206 Å². The van der Waals surface area contributed by atoms with Gasteiger partial charge >= 0.3 is 0 Å². The average molecular weight is 1450 g/mol. The Balaban J connectivity index is 2.51. The number of amides is 4. The summed E-state index contributed by atoms with van der Waals surface area (Å²) < 4.78 is 44.9. The zero-order chi connectivity index (χ0) is 73.7. The van der Waals surface area contributed by atoms with Gasteiger partial charge in [0, 0.05) is 39.0 Å². The zero-order valence-electron chi connectivity index (χ0n) is 60.5. The first kappa shape index (κ1) is 93.1. The van der Waals surface area contributed by atoms with Crippen molar-refractivity contribution in [2.45, 2.75) is 304 Å². The van der Waals surface area contributed by atoms with Gasteiger partial charge in [-0.1, -0.05) is 168 Å². The summed E-state index contributed by atoms with van der Waals surface area (Å²) in [6.45, 7) is 2.19. The number of ether oxygens (including phenoxy) is 8. The van der Waals surface area contributed by atoms with Gasteiger partial charge in [0.15, 0.2) is 12.6 Å². The topological polar surface area (TPSA) is 467 Å². The van der Waals surface area contributed by atoms with Gasteiger partial charge in [0.2, 0.25) is 23.6 Å². The van der Waals surface area contributed by atoms with Crippen molar-refractivity contribution >= 4 is 23.6 Å². The van der Waals surface area contributed by atoms with Crippen molar-refractivity contribution in [3.05, 3.63) is 0 Å². The number of aliphatic hydroxyl groups excluding tert-OH is 12. The molecule has 4 amide bonds. The van der Waals surface area contributed by atoms with Crippen molar-refractivity contribution in [1.82, 2.24) is 20.4 Å². The molecule has 2 heterocycles. The van der Waals surface area contributed by atoms with E-state index in [1.807, 2.05) is 0 Å². The Kier molecular flexibility index (Phi) is 55.1. The van der Waals surface area contributed by atoms with Crippen LogP contribution in [0.4, 0.5) is 0 Å². The fraction of sp³-hybridized carbons (Fsp3) is 0.943. The van der Waals surface area contributed by atoms with E-state index in [4.69, 9.17) is 49.4 Å². The predicted molar refractivity (Wildman–Crippen MR) is 372 cm³/mol. The van der Waals surface area contributed by atoms with Gasteiger partial charge in [-0.15, -0.1) is 0 Å². The van der Waals surface area contributed by atoms with E-state index in [2.05, 4.69) is 24.5 Å². The minimum absolute atomic E-state index is 0.0103. The monoisotopic (exact) mass is 1440 g/mol. The van der Waals surface area contributed by atoms with Crippen molar-refractivity contribution < 1.29 is 118 Å². The molecule has 18 N–H and O–H groups in total. The molecule has 2 aliphatic rings. The molecule has 2 saturated heterocycles. The van der Waals surface area contributed by atoms with E-state index in [1.165, 1.54) is 77.0 Å². The minimum Gasteiger partial charge on any atom is -0.394 e. The lowest BCUT2D eigenvalue weighted by Crippen LogP contribution is -2.61. The number of hydrogen-bond donors (Lipinski definition) is 16. The van der Waals surface area contributed by atoms with E-state index in [9.17, 15) is 80.5 Å². The molecule has 0 aromatic carbocycles. The molecule has 0 aromatic rings. The highest BCUT2D eigenvalue weighted by Gasteiger charge is 2.47. The number of hydrogen-bond acceptors (Lipinski definition) is 26. The highest BCUT2D eigenvalue weighted by Crippen LogP contribution is 2.27. The van der Waals surface area contributed by atoms with Gasteiger partial charge in [-0.3, -0.25) is 19.2 Å². The van der Waals surface area contributed by atoms with Gasteiger partial charge in [0.25, 0.3) is 0 Å². The van der Waals surface area contributed by atoms with Crippen LogP contribution in [0.5, 0.6) is 0 Å². The van der Waals surface area contributed by atoms with Gasteiger partial charge in [-0.25, -0.2) is 0 Å². The quantitative estimate of drug-likeness (QED) is 0.0367. The Morgan fingerprint density at radius 3 is 1.03 bits per heavy atom. The van der Waals surface area contributed by atoms with Crippen LogP contribution in [0.15, 0.2) is 0 Å². The summed E-state index contributed by atoms with van der Waals surface area (Å²) in [5.41, 5.74) is 11.0. The summed E-state index contributed by atoms with van der Waals surface area (Å²) in [6, 6.07) is -3.12. The smallest absolute Gasteiger partial charge is 0.239 e. The van der Waals surface area contributed by atoms with Gasteiger partial charge < -0.3 is 131 Å². The molecule has 4 unspecified atom stereocenters. The third kappa shape index (κ3) is 39.4. The second kappa shape index (κ2) is 59.2. The number of nitrogens with two attached hydrogens (primary N) is 2. The van der Waals surface area contributed by atoms with Crippen LogP contribution in [-0.4, -0.2) is 311 Å². The second-order valence-electron chi connectivity index (χ2n) is 26.6. The number of carbonyl (C=O) groups excluding carboxylic acids is 4. The van der Waals surface area contributed by atoms with Crippen LogP contribution in [0, 0.1) is 0 Å². The molecule has 0 aromatic heterocycles. The van der Waals surface area contributed by atoms with E-state index in [-0.39, 0.29) is 78.4 Å². The summed E-state index contributed by atoms with van der Waals surface area (Å²) >= 11 is 0. The van der Waals surface area contributed by atoms with Crippen molar-refractivity contribution in [3.8, 4) is 0 Å². The van der Waals surface area contributed by atoms with Crippen LogP contribution in [-0.2, 0) is 57.1 Å². The lowest BCUT2D eigenvalue weighted by atomic mass is 9.97. The molecular formula is C70H136N6O24. The Hall–Kier alpha value is -3.00. The summed E-state index contributed by atoms with van der Waals surface area (Å²) in [6.07, 6.45) is 0.391. The van der Waals surface area contributed by atoms with Gasteiger partial charge in [0.05, 0.1) is 104 Å². The van der Waals surface area contributed by atoms with Gasteiger partial charge in [0.1, 0.15) is 74.1 Å². The Labute approximate surface area is 594 Å². The minimum atomic E-state index is -1.90. The van der Waals surface area contributed by atoms with Gasteiger partial charge in [-0.05, 0) is 25.7 Å². The van der Waals surface area contributed by atoms with E-state index in [1.54, 1.807) is 0 Å². The molecule has 2 aliphatic heterocycles. The second-order valence-corrected chi connectivity index (χ2v) is 26.6. The molecule has 590 valence electrons. The lowest BCUT2D eigenvalue weighted by molar-refractivity contribution is -0.304. The predicted octanol–water partition coefficient (Wildman–Crippen LogP) is 0.416. The Bertz CT molecular complexity index is 2020. The van der Waals surface area contributed by atoms with Crippen LogP contribution < -0.4 is 22.1 Å². The summed E-state index contributed by atoms with van der Waals surface area (Å²) in [5, 5.41) is 137. The summed E-state index contributed by atoms with van der Waals surface area (Å²) in [4.78, 5) is 59.4. The zero-order valence-corrected chi connectivity index (χ0v) is 60.5. The van der Waals surface area contributed by atoms with E-state index >= 15 is 0 Å². The summed E-state index contributed by atoms with van der Waals surface area (Å²) in [5.74, 6) is -2.99. The fourth-order valence-electron chi connectivity index (χ4n) is 12.2. The third-order valence-electron chi connectivity index (χ3n) is 18.3. The molecule has 2 fully saturated rings. The number of aliphatic hydroxyl groups is 12. The van der Waals surface area contributed by atoms with Crippen LogP contribution in [0.3, 0.4) is 0 Å². The average Bonchev–Trinajstić information content (AvgIpc) is 0.823. The Morgan fingerprint density at radius 2 is 0.710 bits per heavy atom. The summed E-state index contributed by atoms with van der Waals surface area (Å²) in [7, 11) is 0. The van der Waals surface area contributed by atoms with Crippen LogP contribution in [0.25, 0.3) is 0 Å². The maximum Gasteiger partial charge on any atom is 0.239 e. The first-order chi connectivity index (χ1) is 48.3. The number of rotatable bonds is 65. The maximum atomic E-state index is 14.9. The molecular weight excluding hydrogens is 1310 g/mol.